The van der Waals surface area contributed by atoms with Crippen LogP contribution in [0.4, 0.5) is 5.69 Å². The van der Waals surface area contributed by atoms with E-state index in [1.54, 1.807) is 6.07 Å². The molecule has 1 heterocycles. The van der Waals surface area contributed by atoms with Crippen molar-refractivity contribution in [1.29, 1.82) is 0 Å². The second-order valence-corrected chi connectivity index (χ2v) is 12.6. The molecule has 1 atom stereocenters. The fourth-order valence-electron chi connectivity index (χ4n) is 6.43. The van der Waals surface area contributed by atoms with Gasteiger partial charge in [0.25, 0.3) is 0 Å². The van der Waals surface area contributed by atoms with E-state index in [-0.39, 0.29) is 17.1 Å². The number of Topliss-reactive ketones (excluding diaryl/α,β-unsaturated/α-hetero) is 1. The molecule has 0 fully saturated rings. The Kier molecular flexibility index (Phi) is 6.76. The Morgan fingerprint density at radius 1 is 0.925 bits per heavy atom. The molecule has 40 heavy (non-hydrogen) atoms. The number of aromatic nitrogens is 1. The summed E-state index contributed by atoms with van der Waals surface area (Å²) in [5.74, 6) is 0.0764. The number of nitrogen functional groups attached to an aromatic ring is 1. The molecule has 1 aromatic heterocycles. The van der Waals surface area contributed by atoms with Crippen LogP contribution >= 0.6 is 23.2 Å². The molecule has 0 radical (unpaired) electrons. The minimum atomic E-state index is -0.154. The number of fused-ring (bicyclic) bond motifs is 2. The summed E-state index contributed by atoms with van der Waals surface area (Å²) in [6.45, 7) is 7.12. The number of halogens is 2. The number of anilines is 1. The molecule has 202 valence electrons. The van der Waals surface area contributed by atoms with Crippen LogP contribution in [0.1, 0.15) is 56.2 Å². The molecule has 5 aromatic rings. The number of ketones is 1. The highest BCUT2D eigenvalue weighted by Gasteiger charge is 2.37. The van der Waals surface area contributed by atoms with Gasteiger partial charge in [0.15, 0.2) is 5.78 Å². The highest BCUT2D eigenvalue weighted by molar-refractivity contribution is 6.35. The molecule has 3 nitrogen and oxygen atoms in total. The van der Waals surface area contributed by atoms with Crippen LogP contribution in [0.5, 0.6) is 0 Å². The van der Waals surface area contributed by atoms with E-state index < -0.39 is 0 Å². The van der Waals surface area contributed by atoms with Crippen LogP contribution in [0.3, 0.4) is 0 Å². The predicted molar refractivity (Wildman–Crippen MR) is 169 cm³/mol. The number of hydrogen-bond acceptors (Lipinski definition) is 2. The van der Waals surface area contributed by atoms with E-state index in [1.165, 1.54) is 0 Å². The van der Waals surface area contributed by atoms with Crippen LogP contribution in [-0.2, 0) is 11.3 Å². The van der Waals surface area contributed by atoms with Crippen molar-refractivity contribution < 1.29 is 4.79 Å². The summed E-state index contributed by atoms with van der Waals surface area (Å²) in [6, 6.07) is 26.3. The summed E-state index contributed by atoms with van der Waals surface area (Å²) in [5.41, 5.74) is 13.4. The van der Waals surface area contributed by atoms with Crippen LogP contribution in [-0.4, -0.2) is 10.4 Å². The van der Waals surface area contributed by atoms with Crippen LogP contribution in [0.2, 0.25) is 10.0 Å². The lowest BCUT2D eigenvalue weighted by Crippen LogP contribution is -2.27. The van der Waals surface area contributed by atoms with E-state index in [4.69, 9.17) is 28.9 Å². The molecule has 0 aliphatic heterocycles. The zero-order valence-corrected chi connectivity index (χ0v) is 24.5. The maximum Gasteiger partial charge on any atom is 0.160 e. The van der Waals surface area contributed by atoms with Crippen molar-refractivity contribution in [3.8, 4) is 0 Å². The number of para-hydroxylation sites is 1. The van der Waals surface area contributed by atoms with Crippen molar-refractivity contribution in [1.82, 2.24) is 4.57 Å². The molecule has 6 rings (SSSR count). The minimum Gasteiger partial charge on any atom is -0.398 e. The monoisotopic (exact) mass is 566 g/mol. The number of carbonyl (C=O) groups is 1. The van der Waals surface area contributed by atoms with Gasteiger partial charge in [0.2, 0.25) is 0 Å². The van der Waals surface area contributed by atoms with E-state index in [2.05, 4.69) is 67.9 Å². The van der Waals surface area contributed by atoms with Crippen molar-refractivity contribution in [3.63, 3.8) is 0 Å². The standard InChI is InChI=1S/C35H32Cl2N2O/c1-21(28-20-39(31-11-7-6-10-26(28)31)19-23-12-14-24(36)16-29(23)37)33-27(17-35(2,3)18-32(33)40)34-25-9-5-4-8-22(25)13-15-30(34)38/h4-16,20-21H,17-19,38H2,1-3H3/t21-/m1/s1. The maximum atomic E-state index is 14.0. The summed E-state index contributed by atoms with van der Waals surface area (Å²) in [6.07, 6.45) is 3.49. The lowest BCUT2D eigenvalue weighted by Gasteiger charge is -2.35. The zero-order chi connectivity index (χ0) is 28.2. The third kappa shape index (κ3) is 4.72. The Morgan fingerprint density at radius 3 is 2.42 bits per heavy atom. The van der Waals surface area contributed by atoms with Gasteiger partial charge < -0.3 is 10.3 Å². The van der Waals surface area contributed by atoms with Gasteiger partial charge in [-0.3, -0.25) is 4.79 Å². The molecule has 0 saturated heterocycles. The lowest BCUT2D eigenvalue weighted by atomic mass is 9.68. The first-order valence-electron chi connectivity index (χ1n) is 13.7. The van der Waals surface area contributed by atoms with Crippen molar-refractivity contribution in [3.05, 3.63) is 117 Å². The number of rotatable bonds is 5. The predicted octanol–water partition coefficient (Wildman–Crippen LogP) is 9.68. The summed E-state index contributed by atoms with van der Waals surface area (Å²) < 4.78 is 2.22. The Labute approximate surface area is 245 Å². The molecule has 1 aliphatic carbocycles. The van der Waals surface area contributed by atoms with Crippen molar-refractivity contribution >= 4 is 61.9 Å². The number of allylic oxidation sites excluding steroid dienone is 2. The van der Waals surface area contributed by atoms with E-state index in [1.807, 2.05) is 36.4 Å². The highest BCUT2D eigenvalue weighted by Crippen LogP contribution is 2.49. The molecule has 1 aliphatic rings. The normalized spacial score (nSPS) is 16.2. The molecule has 0 bridgehead atoms. The highest BCUT2D eigenvalue weighted by atomic mass is 35.5. The van der Waals surface area contributed by atoms with E-state index in [0.717, 1.165) is 55.9 Å². The number of nitrogens with zero attached hydrogens (tertiary/aromatic N) is 1. The third-order valence-corrected chi connectivity index (χ3v) is 8.84. The Balaban J connectivity index is 1.55. The second-order valence-electron chi connectivity index (χ2n) is 11.8. The fraction of sp³-hybridized carbons (Fsp3) is 0.229. The van der Waals surface area contributed by atoms with E-state index >= 15 is 0 Å². The van der Waals surface area contributed by atoms with Crippen LogP contribution in [0, 0.1) is 5.41 Å². The number of nitrogens with two attached hydrogens (primary N) is 1. The average molecular weight is 568 g/mol. The summed E-state index contributed by atoms with van der Waals surface area (Å²) in [4.78, 5) is 14.0. The van der Waals surface area contributed by atoms with Gasteiger partial charge in [-0.15, -0.1) is 0 Å². The van der Waals surface area contributed by atoms with Gasteiger partial charge >= 0.3 is 0 Å². The first kappa shape index (κ1) is 26.7. The molecule has 5 heteroatoms. The summed E-state index contributed by atoms with van der Waals surface area (Å²) in [5, 5.41) is 4.61. The van der Waals surface area contributed by atoms with Gasteiger partial charge in [-0.25, -0.2) is 0 Å². The molecule has 2 N–H and O–H groups in total. The van der Waals surface area contributed by atoms with Crippen molar-refractivity contribution in [2.24, 2.45) is 5.41 Å². The summed E-state index contributed by atoms with van der Waals surface area (Å²) >= 11 is 12.7. The van der Waals surface area contributed by atoms with Gasteiger partial charge in [0, 0.05) is 62.9 Å². The molecule has 0 saturated carbocycles. The van der Waals surface area contributed by atoms with Crippen molar-refractivity contribution in [2.45, 2.75) is 46.1 Å². The first-order chi connectivity index (χ1) is 19.1. The van der Waals surface area contributed by atoms with Gasteiger partial charge in [0.1, 0.15) is 0 Å². The summed E-state index contributed by atoms with van der Waals surface area (Å²) in [7, 11) is 0. The second kappa shape index (κ2) is 10.1. The first-order valence-corrected chi connectivity index (χ1v) is 14.4. The van der Waals surface area contributed by atoms with Gasteiger partial charge in [-0.2, -0.15) is 0 Å². The van der Waals surface area contributed by atoms with Crippen LogP contribution in [0.25, 0.3) is 27.2 Å². The Bertz CT molecular complexity index is 1830. The van der Waals surface area contributed by atoms with Crippen LogP contribution < -0.4 is 5.73 Å². The molecular weight excluding hydrogens is 535 g/mol. The number of hydrogen-bond donors (Lipinski definition) is 1. The molecule has 0 amide bonds. The Morgan fingerprint density at radius 2 is 1.65 bits per heavy atom. The maximum absolute atomic E-state index is 14.0. The fourth-order valence-corrected chi connectivity index (χ4v) is 6.89. The van der Waals surface area contributed by atoms with Crippen molar-refractivity contribution in [2.75, 3.05) is 5.73 Å². The zero-order valence-electron chi connectivity index (χ0n) is 23.0. The largest absolute Gasteiger partial charge is 0.398 e. The Hall–Kier alpha value is -3.53. The van der Waals surface area contributed by atoms with Gasteiger partial charge in [-0.05, 0) is 63.6 Å². The topological polar surface area (TPSA) is 48.0 Å². The molecule has 4 aromatic carbocycles. The third-order valence-electron chi connectivity index (χ3n) is 8.26. The smallest absolute Gasteiger partial charge is 0.160 e. The van der Waals surface area contributed by atoms with E-state index in [0.29, 0.717) is 28.7 Å². The minimum absolute atomic E-state index is 0.121. The number of carbonyl (C=O) groups excluding carboxylic acids is 1. The SMILES string of the molecule is C[C@@H](C1=C(c2c(N)ccc3ccccc23)CC(C)(C)CC1=O)c1cn(Cc2ccc(Cl)cc2Cl)c2ccccc12. The van der Waals surface area contributed by atoms with Crippen LogP contribution in [0.15, 0.2) is 90.6 Å². The molecule has 0 spiro atoms. The average Bonchev–Trinajstić information content (AvgIpc) is 3.27. The van der Waals surface area contributed by atoms with Gasteiger partial charge in [-0.1, -0.05) is 98.6 Å². The quantitative estimate of drug-likeness (QED) is 0.215. The molecular formula is C35H32Cl2N2O. The lowest BCUT2D eigenvalue weighted by molar-refractivity contribution is -0.118. The van der Waals surface area contributed by atoms with Gasteiger partial charge in [0.05, 0.1) is 0 Å². The number of benzene rings is 4. The van der Waals surface area contributed by atoms with E-state index in [9.17, 15) is 4.79 Å². The molecule has 0 unspecified atom stereocenters.